The average Bonchev–Trinajstić information content (AvgIpc) is 1.82. The molecule has 13 heavy (non-hydrogen) atoms. The molecule has 0 rings (SSSR count). The summed E-state index contributed by atoms with van der Waals surface area (Å²) in [6, 6.07) is 0. The molecule has 0 fully saturated rings. The van der Waals surface area contributed by atoms with E-state index in [2.05, 4.69) is 9.32 Å². The van der Waals surface area contributed by atoms with Gasteiger partial charge in [-0.25, -0.2) is 18.9 Å². The molecule has 0 saturated heterocycles. The van der Waals surface area contributed by atoms with Gasteiger partial charge in [-0.1, -0.05) is 0 Å². The third-order valence-corrected chi connectivity index (χ3v) is 6.39. The molecule has 5 nitrogen and oxygen atoms in total. The summed E-state index contributed by atoms with van der Waals surface area (Å²) < 4.78 is 12.7. The smallest absolute Gasteiger partial charge is 0.319 e. The zero-order chi connectivity index (χ0) is 10.5. The van der Waals surface area contributed by atoms with Crippen molar-refractivity contribution in [1.29, 1.82) is 0 Å². The van der Waals surface area contributed by atoms with Crippen LogP contribution in [-0.4, -0.2) is 29.1 Å². The van der Waals surface area contributed by atoms with E-state index in [1.54, 1.807) is 26.2 Å². The van der Waals surface area contributed by atoms with Crippen molar-refractivity contribution in [2.24, 2.45) is 9.32 Å². The SMILES string of the molecule is C[Si](C)(N=C=O)O[Si](C)(C)N=C=O. The molecule has 0 N–H and O–H groups in total. The first-order valence-corrected chi connectivity index (χ1v) is 9.42. The molecule has 0 aliphatic rings. The van der Waals surface area contributed by atoms with E-state index >= 15 is 0 Å². The Morgan fingerprint density at radius 1 is 0.923 bits per heavy atom. The number of isocyanates is 2. The summed E-state index contributed by atoms with van der Waals surface area (Å²) >= 11 is 0. The first kappa shape index (κ1) is 12.2. The highest BCUT2D eigenvalue weighted by Gasteiger charge is 2.34. The second-order valence-corrected chi connectivity index (χ2v) is 10.5. The van der Waals surface area contributed by atoms with Crippen LogP contribution in [0.25, 0.3) is 0 Å². The quantitative estimate of drug-likeness (QED) is 0.401. The maximum Gasteiger partial charge on any atom is 0.319 e. The minimum absolute atomic E-state index is 1.47. The van der Waals surface area contributed by atoms with Gasteiger partial charge in [0.15, 0.2) is 0 Å². The van der Waals surface area contributed by atoms with Gasteiger partial charge in [0.2, 0.25) is 12.2 Å². The molecule has 0 bridgehead atoms. The molecule has 7 heteroatoms. The fourth-order valence-electron chi connectivity index (χ4n) is 0.877. The topological polar surface area (TPSA) is 68.1 Å². The van der Waals surface area contributed by atoms with E-state index in [4.69, 9.17) is 4.12 Å². The van der Waals surface area contributed by atoms with Crippen LogP contribution < -0.4 is 0 Å². The largest absolute Gasteiger partial charge is 0.421 e. The lowest BCUT2D eigenvalue weighted by atomic mass is 11.7. The molecule has 0 unspecified atom stereocenters. The van der Waals surface area contributed by atoms with Crippen molar-refractivity contribution in [1.82, 2.24) is 0 Å². The number of rotatable bonds is 4. The van der Waals surface area contributed by atoms with Gasteiger partial charge < -0.3 is 4.12 Å². The molecule has 0 spiro atoms. The van der Waals surface area contributed by atoms with Gasteiger partial charge in [0, 0.05) is 0 Å². The molecule has 0 radical (unpaired) electrons. The zero-order valence-electron chi connectivity index (χ0n) is 8.12. The molecule has 72 valence electrons. The predicted molar refractivity (Wildman–Crippen MR) is 52.3 cm³/mol. The van der Waals surface area contributed by atoms with Gasteiger partial charge in [0.25, 0.3) is 0 Å². The molecule has 0 aromatic carbocycles. The Morgan fingerprint density at radius 3 is 1.46 bits per heavy atom. The lowest BCUT2D eigenvalue weighted by Gasteiger charge is -2.24. The molecule has 0 aromatic heterocycles. The fourth-order valence-corrected chi connectivity index (χ4v) is 6.57. The highest BCUT2D eigenvalue weighted by Crippen LogP contribution is 2.15. The van der Waals surface area contributed by atoms with Crippen LogP contribution in [0.15, 0.2) is 9.32 Å². The van der Waals surface area contributed by atoms with Crippen LogP contribution in [-0.2, 0) is 13.7 Å². The van der Waals surface area contributed by atoms with Crippen molar-refractivity contribution in [3.8, 4) is 0 Å². The van der Waals surface area contributed by atoms with Crippen LogP contribution in [0, 0.1) is 0 Å². The molecule has 0 aromatic rings. The first-order chi connectivity index (χ1) is 5.83. The highest BCUT2D eigenvalue weighted by atomic mass is 28.4. The van der Waals surface area contributed by atoms with E-state index in [1.165, 1.54) is 12.2 Å². The number of hydrogen-bond acceptors (Lipinski definition) is 5. The zero-order valence-corrected chi connectivity index (χ0v) is 10.1. The van der Waals surface area contributed by atoms with E-state index in [-0.39, 0.29) is 0 Å². The normalized spacial score (nSPS) is 11.4. The van der Waals surface area contributed by atoms with Crippen LogP contribution in [0.1, 0.15) is 0 Å². The van der Waals surface area contributed by atoms with Crippen LogP contribution in [0.4, 0.5) is 0 Å². The van der Waals surface area contributed by atoms with Gasteiger partial charge in [-0.2, -0.15) is 0 Å². The van der Waals surface area contributed by atoms with E-state index in [0.29, 0.717) is 0 Å². The Balaban J connectivity index is 4.59. The summed E-state index contributed by atoms with van der Waals surface area (Å²) in [5, 5.41) is 0. The van der Waals surface area contributed by atoms with Crippen molar-refractivity contribution in [3.63, 3.8) is 0 Å². The van der Waals surface area contributed by atoms with Gasteiger partial charge in [-0.15, -0.1) is 0 Å². The Morgan fingerprint density at radius 2 is 1.23 bits per heavy atom. The van der Waals surface area contributed by atoms with Gasteiger partial charge in [0.1, 0.15) is 0 Å². The standard InChI is InChI=1S/C6H12N2O3Si2/c1-12(2,7-5-9)11-13(3,4)8-6-10/h1-4H3. The first-order valence-electron chi connectivity index (χ1n) is 3.71. The average molecular weight is 216 g/mol. The minimum atomic E-state index is -2.39. The number of hydrogen-bond donors (Lipinski definition) is 0. The minimum Gasteiger partial charge on any atom is -0.421 e. The summed E-state index contributed by atoms with van der Waals surface area (Å²) in [6.45, 7) is 6.97. The Labute approximate surface area is 79.0 Å². The van der Waals surface area contributed by atoms with Crippen LogP contribution in [0.3, 0.4) is 0 Å². The highest BCUT2D eigenvalue weighted by molar-refractivity contribution is 6.83. The van der Waals surface area contributed by atoms with Gasteiger partial charge in [-0.05, 0) is 26.2 Å². The van der Waals surface area contributed by atoms with Gasteiger partial charge >= 0.3 is 17.0 Å². The van der Waals surface area contributed by atoms with Crippen LogP contribution in [0.2, 0.25) is 26.2 Å². The summed E-state index contributed by atoms with van der Waals surface area (Å²) in [5.41, 5.74) is 0. The molecular weight excluding hydrogens is 204 g/mol. The van der Waals surface area contributed by atoms with Gasteiger partial charge in [-0.3, -0.25) is 0 Å². The number of carbonyl (C=O) groups excluding carboxylic acids is 2. The molecule has 0 amide bonds. The van der Waals surface area contributed by atoms with E-state index in [1.807, 2.05) is 0 Å². The summed E-state index contributed by atoms with van der Waals surface area (Å²) in [5.74, 6) is 0. The maximum absolute atomic E-state index is 10.0. The third kappa shape index (κ3) is 5.40. The summed E-state index contributed by atoms with van der Waals surface area (Å²) in [4.78, 5) is 20.1. The molecule has 0 saturated carbocycles. The third-order valence-electron chi connectivity index (χ3n) is 1.13. The predicted octanol–water partition coefficient (Wildman–Crippen LogP) is 1.08. The maximum atomic E-state index is 10.0. The summed E-state index contributed by atoms with van der Waals surface area (Å²) in [6.07, 6.45) is 2.93. The van der Waals surface area contributed by atoms with Crippen molar-refractivity contribution < 1.29 is 13.7 Å². The summed E-state index contributed by atoms with van der Waals surface area (Å²) in [7, 11) is -4.77. The second-order valence-electron chi connectivity index (χ2n) is 3.40. The monoisotopic (exact) mass is 216 g/mol. The Bertz CT molecular complexity index is 250. The van der Waals surface area contributed by atoms with Crippen molar-refractivity contribution in [3.05, 3.63) is 0 Å². The second kappa shape index (κ2) is 4.41. The molecule has 0 heterocycles. The molecule has 0 aliphatic carbocycles. The lowest BCUT2D eigenvalue weighted by molar-refractivity contribution is 0.535. The van der Waals surface area contributed by atoms with Crippen LogP contribution in [0.5, 0.6) is 0 Å². The van der Waals surface area contributed by atoms with E-state index in [9.17, 15) is 9.59 Å². The van der Waals surface area contributed by atoms with Crippen molar-refractivity contribution in [2.45, 2.75) is 26.2 Å². The number of nitrogens with zero attached hydrogens (tertiary/aromatic N) is 2. The Kier molecular flexibility index (Phi) is 4.12. The molecular formula is C6H12N2O3Si2. The lowest BCUT2D eigenvalue weighted by Crippen LogP contribution is -2.42. The van der Waals surface area contributed by atoms with Crippen molar-refractivity contribution in [2.75, 3.05) is 0 Å². The van der Waals surface area contributed by atoms with E-state index < -0.39 is 17.0 Å². The molecule has 0 atom stereocenters. The Hall–Kier alpha value is -0.846. The van der Waals surface area contributed by atoms with Crippen LogP contribution >= 0.6 is 0 Å². The van der Waals surface area contributed by atoms with Gasteiger partial charge in [0.05, 0.1) is 0 Å². The van der Waals surface area contributed by atoms with E-state index in [0.717, 1.165) is 0 Å². The molecule has 0 aliphatic heterocycles. The van der Waals surface area contributed by atoms with Crippen molar-refractivity contribution >= 4 is 29.1 Å². The fraction of sp³-hybridized carbons (Fsp3) is 0.667.